The first-order valence-electron chi connectivity index (χ1n) is 7.21. The Hall–Kier alpha value is -2.36. The Morgan fingerprint density at radius 2 is 2.17 bits per heavy atom. The van der Waals surface area contributed by atoms with Crippen molar-refractivity contribution in [2.45, 2.75) is 6.54 Å². The summed E-state index contributed by atoms with van der Waals surface area (Å²) < 4.78 is 9.34. The molecule has 2 heterocycles. The number of anilines is 1. The van der Waals surface area contributed by atoms with E-state index in [1.54, 1.807) is 42.1 Å². The van der Waals surface area contributed by atoms with Crippen molar-refractivity contribution >= 4 is 34.2 Å². The number of nitrogens with one attached hydrogen (secondary N) is 1. The number of rotatable bonds is 5. The van der Waals surface area contributed by atoms with E-state index in [2.05, 4.69) is 38.1 Å². The lowest BCUT2D eigenvalue weighted by atomic mass is 10.2. The van der Waals surface area contributed by atoms with E-state index in [0.29, 0.717) is 17.9 Å². The van der Waals surface area contributed by atoms with E-state index in [0.717, 1.165) is 14.9 Å². The first-order chi connectivity index (χ1) is 11.6. The van der Waals surface area contributed by atoms with Crippen LogP contribution in [0.15, 0.2) is 42.9 Å². The summed E-state index contributed by atoms with van der Waals surface area (Å²) in [7, 11) is 3.38. The molecule has 0 unspecified atom stereocenters. The van der Waals surface area contributed by atoms with Crippen LogP contribution < -0.4 is 10.1 Å². The maximum Gasteiger partial charge on any atom is 0.275 e. The number of benzene rings is 1. The van der Waals surface area contributed by atoms with Crippen molar-refractivity contribution in [1.29, 1.82) is 0 Å². The van der Waals surface area contributed by atoms with Crippen LogP contribution in [0, 0.1) is 3.57 Å². The maximum atomic E-state index is 12.3. The molecule has 2 aromatic heterocycles. The lowest BCUT2D eigenvalue weighted by molar-refractivity contribution is 0.101. The van der Waals surface area contributed by atoms with Gasteiger partial charge < -0.3 is 10.1 Å². The van der Waals surface area contributed by atoms with Crippen LogP contribution in [0.2, 0.25) is 0 Å². The van der Waals surface area contributed by atoms with Gasteiger partial charge in [-0.3, -0.25) is 14.2 Å². The Bertz CT molecular complexity index is 851. The van der Waals surface area contributed by atoms with E-state index in [-0.39, 0.29) is 5.91 Å². The molecular formula is C16H16IN5O2. The number of aromatic nitrogens is 4. The largest absolute Gasteiger partial charge is 0.497 e. The third-order valence-electron chi connectivity index (χ3n) is 3.48. The number of hydrogen-bond acceptors (Lipinski definition) is 4. The molecule has 0 radical (unpaired) electrons. The molecule has 3 aromatic rings. The van der Waals surface area contributed by atoms with Gasteiger partial charge in [0, 0.05) is 13.2 Å². The molecule has 0 saturated carbocycles. The highest BCUT2D eigenvalue weighted by Gasteiger charge is 2.16. The Morgan fingerprint density at radius 3 is 2.88 bits per heavy atom. The van der Waals surface area contributed by atoms with Crippen LogP contribution in [0.25, 0.3) is 0 Å². The molecule has 1 aromatic carbocycles. The summed E-state index contributed by atoms with van der Waals surface area (Å²) in [4.78, 5) is 12.3. The molecule has 0 aliphatic rings. The highest BCUT2D eigenvalue weighted by Crippen LogP contribution is 2.16. The summed E-state index contributed by atoms with van der Waals surface area (Å²) in [5.74, 6) is 0.597. The first kappa shape index (κ1) is 16.5. The molecular weight excluding hydrogens is 421 g/mol. The lowest BCUT2D eigenvalue weighted by Crippen LogP contribution is -2.17. The molecule has 0 spiro atoms. The van der Waals surface area contributed by atoms with Crippen LogP contribution in [0.5, 0.6) is 5.75 Å². The number of hydrogen-bond donors (Lipinski definition) is 1. The summed E-state index contributed by atoms with van der Waals surface area (Å²) in [5, 5.41) is 11.2. The average Bonchev–Trinajstić information content (AvgIpc) is 3.13. The second-order valence-electron chi connectivity index (χ2n) is 5.20. The Labute approximate surface area is 152 Å². The van der Waals surface area contributed by atoms with Gasteiger partial charge in [0.25, 0.3) is 5.91 Å². The van der Waals surface area contributed by atoms with Crippen molar-refractivity contribution < 1.29 is 9.53 Å². The van der Waals surface area contributed by atoms with Crippen LogP contribution in [0.3, 0.4) is 0 Å². The summed E-state index contributed by atoms with van der Waals surface area (Å²) in [6.07, 6.45) is 5.07. The number of carbonyl (C=O) groups excluding carboxylic acids is 1. The van der Waals surface area contributed by atoms with Gasteiger partial charge in [-0.05, 0) is 40.3 Å². The molecule has 24 heavy (non-hydrogen) atoms. The summed E-state index contributed by atoms with van der Waals surface area (Å²) in [6.45, 7) is 0.594. The Morgan fingerprint density at radius 1 is 1.33 bits per heavy atom. The van der Waals surface area contributed by atoms with E-state index in [1.165, 1.54) is 0 Å². The van der Waals surface area contributed by atoms with Crippen LogP contribution in [-0.2, 0) is 13.6 Å². The van der Waals surface area contributed by atoms with E-state index in [4.69, 9.17) is 4.74 Å². The molecule has 1 amide bonds. The smallest absolute Gasteiger partial charge is 0.275 e. The van der Waals surface area contributed by atoms with Crippen LogP contribution in [0.4, 0.5) is 5.69 Å². The number of methoxy groups -OCH3 is 1. The lowest BCUT2D eigenvalue weighted by Gasteiger charge is -2.05. The highest BCUT2D eigenvalue weighted by atomic mass is 127. The molecule has 124 valence electrons. The van der Waals surface area contributed by atoms with Crippen LogP contribution in [0.1, 0.15) is 16.1 Å². The number of amides is 1. The van der Waals surface area contributed by atoms with Crippen molar-refractivity contribution in [3.05, 3.63) is 57.7 Å². The van der Waals surface area contributed by atoms with Crippen molar-refractivity contribution in [1.82, 2.24) is 19.6 Å². The normalized spacial score (nSPS) is 10.6. The average molecular weight is 437 g/mol. The Balaban J connectivity index is 1.70. The number of ether oxygens (including phenoxy) is 1. The van der Waals surface area contributed by atoms with E-state index < -0.39 is 0 Å². The zero-order chi connectivity index (χ0) is 17.1. The standard InChI is InChI=1S/C16H16IN5O2/c1-21-15(14(17)8-18-21)16(23)20-12-7-19-22(10-12)9-11-4-3-5-13(6-11)24-2/h3-8,10H,9H2,1-2H3,(H,20,23). The second-order valence-corrected chi connectivity index (χ2v) is 6.36. The third kappa shape index (κ3) is 3.58. The predicted octanol–water partition coefficient (Wildman–Crippen LogP) is 2.53. The third-order valence-corrected chi connectivity index (χ3v) is 4.27. The molecule has 3 rings (SSSR count). The fourth-order valence-corrected chi connectivity index (χ4v) is 3.05. The molecule has 8 heteroatoms. The predicted molar refractivity (Wildman–Crippen MR) is 98.2 cm³/mol. The number of carbonyl (C=O) groups is 1. The van der Waals surface area contributed by atoms with E-state index >= 15 is 0 Å². The monoisotopic (exact) mass is 437 g/mol. The SMILES string of the molecule is COc1cccc(Cn2cc(NC(=O)c3c(I)cnn3C)cn2)c1. The van der Waals surface area contributed by atoms with Gasteiger partial charge in [-0.2, -0.15) is 10.2 Å². The van der Waals surface area contributed by atoms with Crippen LogP contribution >= 0.6 is 22.6 Å². The first-order valence-corrected chi connectivity index (χ1v) is 8.29. The van der Waals surface area contributed by atoms with Gasteiger partial charge in [0.1, 0.15) is 11.4 Å². The highest BCUT2D eigenvalue weighted by molar-refractivity contribution is 14.1. The molecule has 0 saturated heterocycles. The Kier molecular flexibility index (Phi) is 4.84. The summed E-state index contributed by atoms with van der Waals surface area (Å²) in [6, 6.07) is 7.79. The molecule has 1 N–H and O–H groups in total. The van der Waals surface area contributed by atoms with Gasteiger partial charge >= 0.3 is 0 Å². The van der Waals surface area contributed by atoms with Crippen molar-refractivity contribution in [3.63, 3.8) is 0 Å². The molecule has 0 aliphatic carbocycles. The molecule has 0 fully saturated rings. The molecule has 0 atom stereocenters. The summed E-state index contributed by atoms with van der Waals surface area (Å²) >= 11 is 2.09. The van der Waals surface area contributed by atoms with Gasteiger partial charge in [-0.1, -0.05) is 12.1 Å². The minimum absolute atomic E-state index is 0.208. The maximum absolute atomic E-state index is 12.3. The van der Waals surface area contributed by atoms with Gasteiger partial charge in [0.05, 0.1) is 35.3 Å². The second kappa shape index (κ2) is 7.04. The fraction of sp³-hybridized carbons (Fsp3) is 0.188. The van der Waals surface area contributed by atoms with Crippen molar-refractivity contribution in [2.75, 3.05) is 12.4 Å². The topological polar surface area (TPSA) is 74.0 Å². The molecule has 0 bridgehead atoms. The van der Waals surface area contributed by atoms with Gasteiger partial charge in [-0.15, -0.1) is 0 Å². The number of aryl methyl sites for hydroxylation is 1. The van der Waals surface area contributed by atoms with Gasteiger partial charge in [0.2, 0.25) is 0 Å². The molecule has 0 aliphatic heterocycles. The van der Waals surface area contributed by atoms with E-state index in [9.17, 15) is 4.79 Å². The minimum atomic E-state index is -0.208. The van der Waals surface area contributed by atoms with Crippen molar-refractivity contribution in [3.8, 4) is 5.75 Å². The van der Waals surface area contributed by atoms with Gasteiger partial charge in [0.15, 0.2) is 0 Å². The fourth-order valence-electron chi connectivity index (χ4n) is 2.33. The van der Waals surface area contributed by atoms with E-state index in [1.807, 2.05) is 24.3 Å². The summed E-state index contributed by atoms with van der Waals surface area (Å²) in [5.41, 5.74) is 2.23. The molecule has 7 nitrogen and oxygen atoms in total. The van der Waals surface area contributed by atoms with Gasteiger partial charge in [-0.25, -0.2) is 0 Å². The zero-order valence-electron chi connectivity index (χ0n) is 13.2. The van der Waals surface area contributed by atoms with Crippen LogP contribution in [-0.4, -0.2) is 32.6 Å². The number of halogens is 1. The quantitative estimate of drug-likeness (QED) is 0.623. The zero-order valence-corrected chi connectivity index (χ0v) is 15.4. The number of nitrogens with zero attached hydrogens (tertiary/aromatic N) is 4. The minimum Gasteiger partial charge on any atom is -0.497 e. The van der Waals surface area contributed by atoms with Crippen molar-refractivity contribution in [2.24, 2.45) is 7.05 Å².